The van der Waals surface area contributed by atoms with Crippen LogP contribution in [-0.2, 0) is 4.79 Å². The molecule has 108 valence electrons. The van der Waals surface area contributed by atoms with Gasteiger partial charge in [0.1, 0.15) is 6.04 Å². The zero-order chi connectivity index (χ0) is 14.6. The maximum Gasteiger partial charge on any atom is 0.245 e. The number of thiocarbonyl (C=S) groups is 1. The molecule has 2 fully saturated rings. The second kappa shape index (κ2) is 4.44. The zero-order valence-corrected chi connectivity index (χ0v) is 13.7. The fraction of sp³-hybridized carbons (Fsp3) is 0.867. The molecule has 0 aromatic rings. The van der Waals surface area contributed by atoms with Crippen molar-refractivity contribution >= 4 is 23.1 Å². The van der Waals surface area contributed by atoms with Crippen LogP contribution >= 0.6 is 12.2 Å². The molecule has 1 amide bonds. The standard InChI is InChI=1S/C15H26N2OS/c1-9(19)16-12(14(2,3)4)13(18)17-7-10-11(8-17)15(10,5)6/h10-12H,7-8H2,1-6H3,(H,16,19). The quantitative estimate of drug-likeness (QED) is 0.790. The van der Waals surface area contributed by atoms with Gasteiger partial charge in [-0.25, -0.2) is 0 Å². The van der Waals surface area contributed by atoms with Gasteiger partial charge in [0.2, 0.25) is 5.91 Å². The van der Waals surface area contributed by atoms with Gasteiger partial charge in [-0.1, -0.05) is 46.8 Å². The molecule has 0 bridgehead atoms. The van der Waals surface area contributed by atoms with Gasteiger partial charge in [-0.15, -0.1) is 0 Å². The van der Waals surface area contributed by atoms with Crippen LogP contribution in [0.25, 0.3) is 0 Å². The molecule has 3 unspecified atom stereocenters. The Balaban J connectivity index is 2.04. The zero-order valence-electron chi connectivity index (χ0n) is 12.9. The summed E-state index contributed by atoms with van der Waals surface area (Å²) in [5, 5.41) is 3.19. The summed E-state index contributed by atoms with van der Waals surface area (Å²) >= 11 is 5.12. The Labute approximate surface area is 122 Å². The Bertz CT molecular complexity index is 397. The predicted octanol–water partition coefficient (Wildman–Crippen LogP) is 2.45. The average Bonchev–Trinajstić information content (AvgIpc) is 2.66. The second-order valence-corrected chi connectivity index (χ2v) is 8.39. The molecule has 19 heavy (non-hydrogen) atoms. The average molecular weight is 282 g/mol. The number of fused-ring (bicyclic) bond motifs is 1. The van der Waals surface area contributed by atoms with E-state index in [2.05, 4.69) is 39.9 Å². The molecule has 1 heterocycles. The van der Waals surface area contributed by atoms with Gasteiger partial charge in [-0.05, 0) is 29.6 Å². The van der Waals surface area contributed by atoms with E-state index in [1.165, 1.54) is 0 Å². The monoisotopic (exact) mass is 282 g/mol. The van der Waals surface area contributed by atoms with E-state index < -0.39 is 0 Å². The maximum atomic E-state index is 12.7. The summed E-state index contributed by atoms with van der Waals surface area (Å²) in [6, 6.07) is -0.217. The number of carbonyl (C=O) groups excluding carboxylic acids is 1. The van der Waals surface area contributed by atoms with Crippen LogP contribution in [0, 0.1) is 22.7 Å². The molecule has 1 saturated heterocycles. The van der Waals surface area contributed by atoms with Crippen molar-refractivity contribution < 1.29 is 4.79 Å². The first-order valence-electron chi connectivity index (χ1n) is 7.11. The van der Waals surface area contributed by atoms with E-state index in [0.717, 1.165) is 13.1 Å². The van der Waals surface area contributed by atoms with Crippen molar-refractivity contribution in [1.29, 1.82) is 0 Å². The smallest absolute Gasteiger partial charge is 0.245 e. The van der Waals surface area contributed by atoms with E-state index in [4.69, 9.17) is 12.2 Å². The molecule has 3 atom stereocenters. The summed E-state index contributed by atoms with van der Waals surface area (Å²) in [5.74, 6) is 1.61. The molecule has 2 rings (SSSR count). The topological polar surface area (TPSA) is 32.3 Å². The Kier molecular flexibility index (Phi) is 3.45. The summed E-state index contributed by atoms with van der Waals surface area (Å²) < 4.78 is 0. The molecule has 0 aromatic heterocycles. The van der Waals surface area contributed by atoms with Crippen LogP contribution in [0.1, 0.15) is 41.5 Å². The van der Waals surface area contributed by atoms with Crippen LogP contribution in [-0.4, -0.2) is 34.9 Å². The van der Waals surface area contributed by atoms with Gasteiger partial charge < -0.3 is 10.2 Å². The van der Waals surface area contributed by atoms with Gasteiger partial charge in [-0.2, -0.15) is 0 Å². The van der Waals surface area contributed by atoms with Crippen molar-refractivity contribution in [3.8, 4) is 0 Å². The lowest BCUT2D eigenvalue weighted by Crippen LogP contribution is -2.54. The SMILES string of the molecule is CC(=S)NC(C(=O)N1CC2C(C1)C2(C)C)C(C)(C)C. The van der Waals surface area contributed by atoms with E-state index in [9.17, 15) is 4.79 Å². The molecule has 1 aliphatic heterocycles. The Hall–Kier alpha value is -0.640. The van der Waals surface area contributed by atoms with Crippen molar-refractivity contribution in [2.75, 3.05) is 13.1 Å². The molecule has 2 aliphatic rings. The Morgan fingerprint density at radius 2 is 1.79 bits per heavy atom. The summed E-state index contributed by atoms with van der Waals surface area (Å²) in [6.45, 7) is 14.6. The minimum atomic E-state index is -0.217. The van der Waals surface area contributed by atoms with Crippen molar-refractivity contribution in [2.45, 2.75) is 47.6 Å². The van der Waals surface area contributed by atoms with Crippen molar-refractivity contribution in [3.05, 3.63) is 0 Å². The second-order valence-electron chi connectivity index (χ2n) is 7.78. The fourth-order valence-corrected chi connectivity index (χ4v) is 3.46. The molecule has 4 heteroatoms. The van der Waals surface area contributed by atoms with Gasteiger partial charge in [0, 0.05) is 13.1 Å². The summed E-state index contributed by atoms with van der Waals surface area (Å²) in [7, 11) is 0. The third-order valence-corrected chi connectivity index (χ3v) is 5.01. The number of likely N-dealkylation sites (tertiary alicyclic amines) is 1. The lowest BCUT2D eigenvalue weighted by molar-refractivity contribution is -0.135. The number of nitrogens with one attached hydrogen (secondary N) is 1. The normalized spacial score (nSPS) is 29.7. The van der Waals surface area contributed by atoms with Crippen LogP contribution in [0.5, 0.6) is 0 Å². The summed E-state index contributed by atoms with van der Waals surface area (Å²) in [6.07, 6.45) is 0. The highest BCUT2D eigenvalue weighted by Gasteiger charge is 2.63. The van der Waals surface area contributed by atoms with Gasteiger partial charge in [0.05, 0.1) is 4.99 Å². The highest BCUT2D eigenvalue weighted by molar-refractivity contribution is 7.80. The number of hydrogen-bond donors (Lipinski definition) is 1. The van der Waals surface area contributed by atoms with E-state index in [1.54, 1.807) is 0 Å². The van der Waals surface area contributed by atoms with Gasteiger partial charge in [0.25, 0.3) is 0 Å². The molecule has 0 spiro atoms. The summed E-state index contributed by atoms with van der Waals surface area (Å²) in [4.78, 5) is 15.4. The first-order chi connectivity index (χ1) is 8.55. The number of rotatable bonds is 2. The van der Waals surface area contributed by atoms with Gasteiger partial charge in [0.15, 0.2) is 0 Å². The van der Waals surface area contributed by atoms with Crippen molar-refractivity contribution in [3.63, 3.8) is 0 Å². The molecule has 3 nitrogen and oxygen atoms in total. The number of nitrogens with zero attached hydrogens (tertiary/aromatic N) is 1. The minimum Gasteiger partial charge on any atom is -0.368 e. The molecule has 0 aromatic carbocycles. The summed E-state index contributed by atoms with van der Waals surface area (Å²) in [5.41, 5.74) is 0.320. The molecular weight excluding hydrogens is 256 g/mol. The largest absolute Gasteiger partial charge is 0.368 e. The molecule has 1 N–H and O–H groups in total. The third-order valence-electron chi connectivity index (χ3n) is 4.89. The first kappa shape index (κ1) is 14.8. The predicted molar refractivity (Wildman–Crippen MR) is 82.0 cm³/mol. The highest BCUT2D eigenvalue weighted by atomic mass is 32.1. The molecule has 1 saturated carbocycles. The number of carbonyl (C=O) groups is 1. The van der Waals surface area contributed by atoms with Crippen molar-refractivity contribution in [2.24, 2.45) is 22.7 Å². The molecule has 0 radical (unpaired) electrons. The maximum absolute atomic E-state index is 12.7. The van der Waals surface area contributed by atoms with Gasteiger partial charge >= 0.3 is 0 Å². The van der Waals surface area contributed by atoms with E-state index in [0.29, 0.717) is 22.2 Å². The number of amides is 1. The van der Waals surface area contributed by atoms with E-state index in [1.807, 2.05) is 11.8 Å². The minimum absolute atomic E-state index is 0.126. The van der Waals surface area contributed by atoms with Crippen molar-refractivity contribution in [1.82, 2.24) is 10.2 Å². The Morgan fingerprint density at radius 3 is 2.16 bits per heavy atom. The Morgan fingerprint density at radius 1 is 1.32 bits per heavy atom. The number of hydrogen-bond acceptors (Lipinski definition) is 2. The van der Waals surface area contributed by atoms with Gasteiger partial charge in [-0.3, -0.25) is 4.79 Å². The van der Waals surface area contributed by atoms with Crippen LogP contribution < -0.4 is 5.32 Å². The van der Waals surface area contributed by atoms with Crippen LogP contribution in [0.4, 0.5) is 0 Å². The number of piperidine rings is 1. The molecule has 1 aliphatic carbocycles. The van der Waals surface area contributed by atoms with E-state index >= 15 is 0 Å². The van der Waals surface area contributed by atoms with Crippen LogP contribution in [0.3, 0.4) is 0 Å². The lowest BCUT2D eigenvalue weighted by atomic mass is 9.85. The van der Waals surface area contributed by atoms with Crippen LogP contribution in [0.2, 0.25) is 0 Å². The first-order valence-corrected chi connectivity index (χ1v) is 7.52. The lowest BCUT2D eigenvalue weighted by Gasteiger charge is -2.35. The highest BCUT2D eigenvalue weighted by Crippen LogP contribution is 2.62. The fourth-order valence-electron chi connectivity index (χ4n) is 3.35. The van der Waals surface area contributed by atoms with Crippen LogP contribution in [0.15, 0.2) is 0 Å². The third kappa shape index (κ3) is 2.64. The van der Waals surface area contributed by atoms with E-state index in [-0.39, 0.29) is 17.4 Å². The molecular formula is C15H26N2OS.